The molecule has 19 heavy (non-hydrogen) atoms. The van der Waals surface area contributed by atoms with Crippen LogP contribution in [-0.2, 0) is 16.1 Å². The Kier molecular flexibility index (Phi) is 3.95. The molecule has 2 rings (SSSR count). The summed E-state index contributed by atoms with van der Waals surface area (Å²) in [6.07, 6.45) is 0. The van der Waals surface area contributed by atoms with Crippen molar-refractivity contribution < 1.29 is 9.59 Å². The van der Waals surface area contributed by atoms with E-state index in [1.165, 1.54) is 0 Å². The minimum atomic E-state index is -0.471. The van der Waals surface area contributed by atoms with Gasteiger partial charge in [-0.25, -0.2) is 0 Å². The monoisotopic (exact) mass is 279 g/mol. The molecule has 1 aliphatic heterocycles. The number of amides is 1. The molecule has 0 bridgehead atoms. The van der Waals surface area contributed by atoms with Crippen molar-refractivity contribution in [2.24, 2.45) is 11.8 Å². The predicted molar refractivity (Wildman–Crippen MR) is 74.9 cm³/mol. The van der Waals surface area contributed by atoms with Gasteiger partial charge in [0.1, 0.15) is 5.92 Å². The summed E-state index contributed by atoms with van der Waals surface area (Å²) < 4.78 is 0. The number of halogens is 1. The molecule has 0 aromatic heterocycles. The molecule has 1 unspecified atom stereocenters. The van der Waals surface area contributed by atoms with Crippen LogP contribution in [0.3, 0.4) is 0 Å². The fraction of sp³-hybridized carbons (Fsp3) is 0.467. The van der Waals surface area contributed by atoms with Gasteiger partial charge in [-0.15, -0.1) is 0 Å². The third kappa shape index (κ3) is 2.81. The molecule has 1 aromatic rings. The van der Waals surface area contributed by atoms with Crippen LogP contribution in [0.25, 0.3) is 0 Å². The van der Waals surface area contributed by atoms with Gasteiger partial charge in [0, 0.05) is 11.6 Å². The molecule has 1 aromatic carbocycles. The molecule has 1 saturated heterocycles. The summed E-state index contributed by atoms with van der Waals surface area (Å²) in [5, 5.41) is 0.691. The van der Waals surface area contributed by atoms with Gasteiger partial charge in [0.15, 0.2) is 5.78 Å². The molecule has 0 aliphatic carbocycles. The van der Waals surface area contributed by atoms with Gasteiger partial charge in [0.05, 0.1) is 6.54 Å². The third-order valence-corrected chi connectivity index (χ3v) is 3.95. The largest absolute Gasteiger partial charge is 0.330 e. The minimum absolute atomic E-state index is 0.0261. The highest BCUT2D eigenvalue weighted by Crippen LogP contribution is 2.25. The van der Waals surface area contributed by atoms with E-state index in [1.54, 1.807) is 4.90 Å². The van der Waals surface area contributed by atoms with E-state index in [-0.39, 0.29) is 24.2 Å². The van der Waals surface area contributed by atoms with E-state index < -0.39 is 5.92 Å². The molecule has 0 radical (unpaired) electrons. The van der Waals surface area contributed by atoms with Crippen LogP contribution in [0.1, 0.15) is 25.0 Å². The Hall–Kier alpha value is -1.35. The van der Waals surface area contributed by atoms with Gasteiger partial charge in [0.2, 0.25) is 5.91 Å². The minimum Gasteiger partial charge on any atom is -0.330 e. The average Bonchev–Trinajstić information content (AvgIpc) is 2.59. The first-order valence-corrected chi connectivity index (χ1v) is 6.84. The lowest BCUT2D eigenvalue weighted by molar-refractivity contribution is -0.134. The van der Waals surface area contributed by atoms with Crippen molar-refractivity contribution in [1.82, 2.24) is 4.90 Å². The zero-order valence-electron chi connectivity index (χ0n) is 11.4. The van der Waals surface area contributed by atoms with E-state index >= 15 is 0 Å². The molecule has 0 spiro atoms. The molecular weight excluding hydrogens is 262 g/mol. The highest BCUT2D eigenvalue weighted by Gasteiger charge is 2.40. The van der Waals surface area contributed by atoms with Crippen molar-refractivity contribution in [2.75, 3.05) is 6.54 Å². The van der Waals surface area contributed by atoms with Crippen molar-refractivity contribution in [3.8, 4) is 0 Å². The molecule has 4 heteroatoms. The third-order valence-electron chi connectivity index (χ3n) is 3.55. The second-order valence-corrected chi connectivity index (χ2v) is 5.87. The summed E-state index contributed by atoms with van der Waals surface area (Å²) >= 11 is 6.07. The average molecular weight is 280 g/mol. The Morgan fingerprint density at radius 2 is 2.05 bits per heavy atom. The van der Waals surface area contributed by atoms with Crippen LogP contribution in [0.5, 0.6) is 0 Å². The van der Waals surface area contributed by atoms with Crippen molar-refractivity contribution in [2.45, 2.75) is 27.3 Å². The quantitative estimate of drug-likeness (QED) is 0.798. The summed E-state index contributed by atoms with van der Waals surface area (Å²) in [5.74, 6) is -0.442. The molecule has 1 heterocycles. The molecule has 1 amide bonds. The number of aryl methyl sites for hydroxylation is 1. The standard InChI is InChI=1S/C15H18ClNO2/c1-9(2)14-13(18)8-17(15(14)19)7-11-5-4-10(3)12(16)6-11/h4-6,9,14H,7-8H2,1-3H3. The van der Waals surface area contributed by atoms with Crippen LogP contribution in [0.2, 0.25) is 5.02 Å². The van der Waals surface area contributed by atoms with E-state index in [0.717, 1.165) is 11.1 Å². The molecule has 1 atom stereocenters. The number of carbonyl (C=O) groups is 2. The fourth-order valence-electron chi connectivity index (χ4n) is 2.44. The van der Waals surface area contributed by atoms with E-state index in [1.807, 2.05) is 39.0 Å². The number of ketones is 1. The Balaban J connectivity index is 2.14. The van der Waals surface area contributed by atoms with Crippen LogP contribution >= 0.6 is 11.6 Å². The van der Waals surface area contributed by atoms with Gasteiger partial charge < -0.3 is 4.90 Å². The lowest BCUT2D eigenvalue weighted by Crippen LogP contribution is -2.28. The van der Waals surface area contributed by atoms with Crippen LogP contribution in [0.4, 0.5) is 0 Å². The van der Waals surface area contributed by atoms with Crippen molar-refractivity contribution in [1.29, 1.82) is 0 Å². The van der Waals surface area contributed by atoms with Gasteiger partial charge in [-0.05, 0) is 30.0 Å². The first kappa shape index (κ1) is 14.1. The second kappa shape index (κ2) is 5.33. The zero-order chi connectivity index (χ0) is 14.2. The Morgan fingerprint density at radius 3 is 2.58 bits per heavy atom. The van der Waals surface area contributed by atoms with Gasteiger partial charge in [-0.3, -0.25) is 9.59 Å². The summed E-state index contributed by atoms with van der Waals surface area (Å²) in [4.78, 5) is 25.7. The lowest BCUT2D eigenvalue weighted by atomic mass is 9.94. The van der Waals surface area contributed by atoms with Crippen LogP contribution < -0.4 is 0 Å². The van der Waals surface area contributed by atoms with Crippen LogP contribution in [0.15, 0.2) is 18.2 Å². The van der Waals surface area contributed by atoms with E-state index in [4.69, 9.17) is 11.6 Å². The molecule has 1 aliphatic rings. The Bertz CT molecular complexity index is 525. The predicted octanol–water partition coefficient (Wildman–Crippen LogP) is 2.83. The first-order chi connectivity index (χ1) is 8.90. The maximum absolute atomic E-state index is 12.2. The van der Waals surface area contributed by atoms with Crippen LogP contribution in [0, 0.1) is 18.8 Å². The maximum Gasteiger partial charge on any atom is 0.234 e. The highest BCUT2D eigenvalue weighted by atomic mass is 35.5. The van der Waals surface area contributed by atoms with E-state index in [2.05, 4.69) is 0 Å². The van der Waals surface area contributed by atoms with E-state index in [9.17, 15) is 9.59 Å². The van der Waals surface area contributed by atoms with Crippen molar-refractivity contribution in [3.63, 3.8) is 0 Å². The second-order valence-electron chi connectivity index (χ2n) is 5.47. The number of rotatable bonds is 3. The SMILES string of the molecule is Cc1ccc(CN2CC(=O)C(C(C)C)C2=O)cc1Cl. The number of likely N-dealkylation sites (tertiary alicyclic amines) is 1. The summed E-state index contributed by atoms with van der Waals surface area (Å²) in [6.45, 7) is 6.42. The molecule has 1 fully saturated rings. The number of Topliss-reactive ketones (excluding diaryl/α,β-unsaturated/α-hetero) is 1. The normalized spacial score (nSPS) is 19.6. The van der Waals surface area contributed by atoms with Gasteiger partial charge in [-0.1, -0.05) is 37.6 Å². The Labute approximate surface area is 118 Å². The summed E-state index contributed by atoms with van der Waals surface area (Å²) in [5.41, 5.74) is 1.97. The summed E-state index contributed by atoms with van der Waals surface area (Å²) in [6, 6.07) is 5.74. The maximum atomic E-state index is 12.2. The van der Waals surface area contributed by atoms with Crippen LogP contribution in [-0.4, -0.2) is 23.1 Å². The first-order valence-electron chi connectivity index (χ1n) is 6.46. The molecule has 3 nitrogen and oxygen atoms in total. The highest BCUT2D eigenvalue weighted by molar-refractivity contribution is 6.31. The Morgan fingerprint density at radius 1 is 1.37 bits per heavy atom. The smallest absolute Gasteiger partial charge is 0.234 e. The number of hydrogen-bond donors (Lipinski definition) is 0. The van der Waals surface area contributed by atoms with Crippen molar-refractivity contribution >= 4 is 23.3 Å². The molecule has 102 valence electrons. The number of nitrogens with zero attached hydrogens (tertiary/aromatic N) is 1. The molecule has 0 N–H and O–H groups in total. The van der Waals surface area contributed by atoms with E-state index in [0.29, 0.717) is 11.6 Å². The van der Waals surface area contributed by atoms with Gasteiger partial charge >= 0.3 is 0 Å². The molecular formula is C15H18ClNO2. The topological polar surface area (TPSA) is 37.4 Å². The lowest BCUT2D eigenvalue weighted by Gasteiger charge is -2.17. The number of carbonyl (C=O) groups excluding carboxylic acids is 2. The zero-order valence-corrected chi connectivity index (χ0v) is 12.2. The molecule has 0 saturated carbocycles. The number of benzene rings is 1. The van der Waals surface area contributed by atoms with Gasteiger partial charge in [0.25, 0.3) is 0 Å². The van der Waals surface area contributed by atoms with Crippen molar-refractivity contribution in [3.05, 3.63) is 34.3 Å². The number of hydrogen-bond acceptors (Lipinski definition) is 2. The fourth-order valence-corrected chi connectivity index (χ4v) is 2.65. The van der Waals surface area contributed by atoms with Gasteiger partial charge in [-0.2, -0.15) is 0 Å². The summed E-state index contributed by atoms with van der Waals surface area (Å²) in [7, 11) is 0.